The molecule has 0 heterocycles. The Kier molecular flexibility index (Phi) is 6.48. The summed E-state index contributed by atoms with van der Waals surface area (Å²) in [5.74, 6) is -0.00745. The van der Waals surface area contributed by atoms with Gasteiger partial charge in [0.1, 0.15) is 5.75 Å². The van der Waals surface area contributed by atoms with Crippen LogP contribution in [0.25, 0.3) is 0 Å². The molecule has 2 aromatic carbocycles. The van der Waals surface area contributed by atoms with E-state index >= 15 is 0 Å². The van der Waals surface area contributed by atoms with Gasteiger partial charge >= 0.3 is 6.18 Å². The molecule has 0 fully saturated rings. The number of amides is 1. The predicted octanol–water partition coefficient (Wildman–Crippen LogP) is 5.26. The van der Waals surface area contributed by atoms with Crippen molar-refractivity contribution in [2.24, 2.45) is 0 Å². The van der Waals surface area contributed by atoms with Gasteiger partial charge in [-0.05, 0) is 64.5 Å². The number of thiocarbonyl (C=S) groups is 1. The van der Waals surface area contributed by atoms with E-state index in [0.717, 1.165) is 18.2 Å². The molecule has 26 heavy (non-hydrogen) atoms. The molecule has 10 heteroatoms. The van der Waals surface area contributed by atoms with Crippen LogP contribution in [0.5, 0.6) is 5.75 Å². The van der Waals surface area contributed by atoms with Crippen molar-refractivity contribution in [2.45, 2.75) is 6.18 Å². The van der Waals surface area contributed by atoms with Gasteiger partial charge in [0.05, 0.1) is 27.9 Å². The van der Waals surface area contributed by atoms with Crippen molar-refractivity contribution in [2.75, 3.05) is 12.4 Å². The molecule has 1 amide bonds. The topological polar surface area (TPSA) is 50.4 Å². The Hall–Kier alpha value is -1.84. The summed E-state index contributed by atoms with van der Waals surface area (Å²) in [7, 11) is 1.48. The number of carbonyl (C=O) groups is 1. The Morgan fingerprint density at radius 2 is 1.92 bits per heavy atom. The zero-order valence-electron chi connectivity index (χ0n) is 13.1. The Balaban J connectivity index is 2.11. The third-order valence-corrected chi connectivity index (χ3v) is 4.34. The van der Waals surface area contributed by atoms with Crippen molar-refractivity contribution in [3.8, 4) is 5.75 Å². The van der Waals surface area contributed by atoms with Gasteiger partial charge in [-0.15, -0.1) is 0 Å². The number of alkyl halides is 3. The summed E-state index contributed by atoms with van der Waals surface area (Å²) < 4.78 is 44.0. The molecule has 0 spiro atoms. The SMILES string of the molecule is COc1ccc(C(=O)NC(=S)Nc2cc(C(F)(F)F)ccc2Cl)cc1Br. The maximum absolute atomic E-state index is 12.8. The van der Waals surface area contributed by atoms with E-state index in [0.29, 0.717) is 10.2 Å². The second kappa shape index (κ2) is 8.24. The van der Waals surface area contributed by atoms with E-state index in [2.05, 4.69) is 26.6 Å². The number of rotatable bonds is 3. The van der Waals surface area contributed by atoms with Crippen LogP contribution in [0.1, 0.15) is 15.9 Å². The summed E-state index contributed by atoms with van der Waals surface area (Å²) >= 11 is 14.1. The zero-order valence-corrected chi connectivity index (χ0v) is 16.2. The van der Waals surface area contributed by atoms with Crippen LogP contribution in [0, 0.1) is 0 Å². The Morgan fingerprint density at radius 1 is 1.23 bits per heavy atom. The standard InChI is InChI=1S/C16H11BrClF3N2O2S/c1-25-13-5-2-8(6-10(13)17)14(24)23-15(26)22-12-7-9(16(19,20)21)3-4-11(12)18/h2-7H,1H3,(H2,22,23,24,26). The van der Waals surface area contributed by atoms with Crippen molar-refractivity contribution in [3.05, 3.63) is 57.0 Å². The third kappa shape index (κ3) is 5.09. The van der Waals surface area contributed by atoms with E-state index in [4.69, 9.17) is 28.6 Å². The number of ether oxygens (including phenoxy) is 1. The number of hydrogen-bond donors (Lipinski definition) is 2. The highest BCUT2D eigenvalue weighted by Crippen LogP contribution is 2.33. The number of hydrogen-bond acceptors (Lipinski definition) is 3. The van der Waals surface area contributed by atoms with E-state index < -0.39 is 17.6 Å². The minimum atomic E-state index is -4.53. The highest BCUT2D eigenvalue weighted by atomic mass is 79.9. The molecule has 0 aliphatic rings. The molecule has 0 bridgehead atoms. The molecular weight excluding hydrogens is 457 g/mol. The maximum atomic E-state index is 12.8. The van der Waals surface area contributed by atoms with Crippen molar-refractivity contribution >= 4 is 56.5 Å². The normalized spacial score (nSPS) is 11.0. The zero-order chi connectivity index (χ0) is 19.5. The molecule has 0 atom stereocenters. The number of carbonyl (C=O) groups excluding carboxylic acids is 1. The van der Waals surface area contributed by atoms with Gasteiger partial charge in [0.2, 0.25) is 0 Å². The number of halogens is 5. The smallest absolute Gasteiger partial charge is 0.416 e. The fourth-order valence-corrected chi connectivity index (χ4v) is 2.84. The first-order valence-electron chi connectivity index (χ1n) is 6.94. The van der Waals surface area contributed by atoms with Gasteiger partial charge in [-0.3, -0.25) is 10.1 Å². The fourth-order valence-electron chi connectivity index (χ4n) is 1.93. The van der Waals surface area contributed by atoms with E-state index in [1.54, 1.807) is 6.07 Å². The monoisotopic (exact) mass is 466 g/mol. The number of nitrogens with one attached hydrogen (secondary N) is 2. The quantitative estimate of drug-likeness (QED) is 0.605. The molecule has 0 aliphatic carbocycles. The summed E-state index contributed by atoms with van der Waals surface area (Å²) in [6, 6.07) is 7.37. The Labute approximate surface area is 165 Å². The summed E-state index contributed by atoms with van der Waals surface area (Å²) in [4.78, 5) is 12.2. The second-order valence-corrected chi connectivity index (χ2v) is 6.62. The number of anilines is 1. The van der Waals surface area contributed by atoms with Crippen LogP contribution in [-0.4, -0.2) is 18.1 Å². The predicted molar refractivity (Wildman–Crippen MR) is 101 cm³/mol. The summed E-state index contributed by atoms with van der Waals surface area (Å²) in [6.07, 6.45) is -4.53. The molecule has 0 unspecified atom stereocenters. The largest absolute Gasteiger partial charge is 0.496 e. The second-order valence-electron chi connectivity index (χ2n) is 4.95. The number of benzene rings is 2. The van der Waals surface area contributed by atoms with Gasteiger partial charge in [-0.25, -0.2) is 0 Å². The summed E-state index contributed by atoms with van der Waals surface area (Å²) in [5.41, 5.74) is -0.683. The van der Waals surface area contributed by atoms with Crippen LogP contribution in [0.15, 0.2) is 40.9 Å². The lowest BCUT2D eigenvalue weighted by Crippen LogP contribution is -2.34. The van der Waals surface area contributed by atoms with Crippen LogP contribution in [0.3, 0.4) is 0 Å². The Morgan fingerprint density at radius 3 is 2.50 bits per heavy atom. The highest BCUT2D eigenvalue weighted by molar-refractivity contribution is 9.10. The molecule has 4 nitrogen and oxygen atoms in total. The van der Waals surface area contributed by atoms with E-state index in [9.17, 15) is 18.0 Å². The van der Waals surface area contributed by atoms with Crippen LogP contribution >= 0.6 is 39.7 Å². The van der Waals surface area contributed by atoms with Crippen LogP contribution in [-0.2, 0) is 6.18 Å². The molecule has 0 saturated heterocycles. The average molecular weight is 468 g/mol. The van der Waals surface area contributed by atoms with Crippen molar-refractivity contribution in [1.82, 2.24) is 5.32 Å². The fraction of sp³-hybridized carbons (Fsp3) is 0.125. The first-order valence-corrected chi connectivity index (χ1v) is 8.52. The average Bonchev–Trinajstić information content (AvgIpc) is 2.55. The molecular formula is C16H11BrClF3N2O2S. The van der Waals surface area contributed by atoms with Gasteiger partial charge in [-0.2, -0.15) is 13.2 Å². The first kappa shape index (κ1) is 20.5. The van der Waals surface area contributed by atoms with Crippen molar-refractivity contribution in [1.29, 1.82) is 0 Å². The van der Waals surface area contributed by atoms with Gasteiger partial charge in [0, 0.05) is 5.56 Å². The van der Waals surface area contributed by atoms with Crippen molar-refractivity contribution in [3.63, 3.8) is 0 Å². The van der Waals surface area contributed by atoms with Crippen LogP contribution in [0.2, 0.25) is 5.02 Å². The molecule has 0 radical (unpaired) electrons. The molecule has 138 valence electrons. The third-order valence-electron chi connectivity index (χ3n) is 3.18. The summed E-state index contributed by atoms with van der Waals surface area (Å²) in [5, 5.41) is 4.70. The lowest BCUT2D eigenvalue weighted by molar-refractivity contribution is -0.137. The molecule has 2 N–H and O–H groups in total. The van der Waals surface area contributed by atoms with E-state index in [-0.39, 0.29) is 21.4 Å². The first-order chi connectivity index (χ1) is 12.1. The number of methoxy groups -OCH3 is 1. The lowest BCUT2D eigenvalue weighted by atomic mass is 10.2. The van der Waals surface area contributed by atoms with Gasteiger partial charge in [0.25, 0.3) is 5.91 Å². The molecule has 2 rings (SSSR count). The summed E-state index contributed by atoms with van der Waals surface area (Å²) in [6.45, 7) is 0. The molecule has 0 aliphatic heterocycles. The van der Waals surface area contributed by atoms with Crippen LogP contribution in [0.4, 0.5) is 18.9 Å². The molecule has 0 saturated carbocycles. The van der Waals surface area contributed by atoms with E-state index in [1.165, 1.54) is 19.2 Å². The van der Waals surface area contributed by atoms with Crippen LogP contribution < -0.4 is 15.4 Å². The maximum Gasteiger partial charge on any atom is 0.416 e. The lowest BCUT2D eigenvalue weighted by Gasteiger charge is -2.14. The van der Waals surface area contributed by atoms with Crippen molar-refractivity contribution < 1.29 is 22.7 Å². The van der Waals surface area contributed by atoms with Gasteiger partial charge in [0.15, 0.2) is 5.11 Å². The van der Waals surface area contributed by atoms with Gasteiger partial charge in [-0.1, -0.05) is 11.6 Å². The minimum Gasteiger partial charge on any atom is -0.496 e. The van der Waals surface area contributed by atoms with E-state index in [1.807, 2.05) is 0 Å². The minimum absolute atomic E-state index is 0.0294. The Bertz CT molecular complexity index is 862. The highest BCUT2D eigenvalue weighted by Gasteiger charge is 2.31. The molecule has 0 aromatic heterocycles. The molecule has 2 aromatic rings. The van der Waals surface area contributed by atoms with Gasteiger partial charge < -0.3 is 10.1 Å².